The van der Waals surface area contributed by atoms with Crippen LogP contribution >= 0.6 is 0 Å². The molecule has 0 atom stereocenters. The third kappa shape index (κ3) is 2.43. The van der Waals surface area contributed by atoms with Crippen LogP contribution in [-0.4, -0.2) is 21.8 Å². The smallest absolute Gasteiger partial charge is 0.336 e. The van der Waals surface area contributed by atoms with Gasteiger partial charge in [-0.15, -0.1) is 0 Å². The van der Waals surface area contributed by atoms with E-state index in [4.69, 9.17) is 5.11 Å². The highest BCUT2D eigenvalue weighted by atomic mass is 16.4. The molecule has 0 fully saturated rings. The summed E-state index contributed by atoms with van der Waals surface area (Å²) >= 11 is 0. The summed E-state index contributed by atoms with van der Waals surface area (Å²) in [6.45, 7) is 0. The molecule has 2 aromatic carbocycles. The zero-order valence-electron chi connectivity index (χ0n) is 11.2. The van der Waals surface area contributed by atoms with E-state index in [1.165, 1.54) is 6.07 Å². The van der Waals surface area contributed by atoms with Crippen LogP contribution in [0, 0.1) is 0 Å². The summed E-state index contributed by atoms with van der Waals surface area (Å²) in [4.78, 5) is 26.7. The van der Waals surface area contributed by atoms with Crippen LogP contribution in [0.25, 0.3) is 10.9 Å². The Balaban J connectivity index is 1.95. The number of para-hydroxylation sites is 1. The second-order valence-electron chi connectivity index (χ2n) is 4.81. The van der Waals surface area contributed by atoms with Gasteiger partial charge in [-0.1, -0.05) is 36.4 Å². The maximum atomic E-state index is 12.4. The number of carbonyl (C=O) groups excluding carboxylic acids is 1. The van der Waals surface area contributed by atoms with Crippen molar-refractivity contribution in [1.82, 2.24) is 4.98 Å². The SMILES string of the molecule is O=C(O)c1ccccc1C(=O)Cc1c[nH]c2ccccc12. The van der Waals surface area contributed by atoms with Crippen molar-refractivity contribution in [2.75, 3.05) is 0 Å². The number of carbonyl (C=O) groups is 2. The van der Waals surface area contributed by atoms with E-state index in [0.717, 1.165) is 16.5 Å². The molecule has 0 unspecified atom stereocenters. The molecule has 0 saturated carbocycles. The van der Waals surface area contributed by atoms with Gasteiger partial charge in [-0.3, -0.25) is 4.79 Å². The molecule has 0 aliphatic heterocycles. The largest absolute Gasteiger partial charge is 0.478 e. The lowest BCUT2D eigenvalue weighted by Crippen LogP contribution is -2.10. The number of aromatic amines is 1. The van der Waals surface area contributed by atoms with Gasteiger partial charge in [0.1, 0.15) is 0 Å². The third-order valence-corrected chi connectivity index (χ3v) is 3.48. The lowest BCUT2D eigenvalue weighted by molar-refractivity contribution is 0.0692. The molecule has 21 heavy (non-hydrogen) atoms. The number of hydrogen-bond acceptors (Lipinski definition) is 2. The average molecular weight is 279 g/mol. The van der Waals surface area contributed by atoms with Gasteiger partial charge in [-0.2, -0.15) is 0 Å². The Labute approximate surface area is 121 Å². The molecule has 0 bridgehead atoms. The first-order valence-electron chi connectivity index (χ1n) is 6.57. The zero-order valence-corrected chi connectivity index (χ0v) is 11.2. The van der Waals surface area contributed by atoms with Crippen molar-refractivity contribution in [3.05, 3.63) is 71.4 Å². The summed E-state index contributed by atoms with van der Waals surface area (Å²) in [5.74, 6) is -1.28. The Bertz CT molecular complexity index is 833. The van der Waals surface area contributed by atoms with E-state index < -0.39 is 5.97 Å². The summed E-state index contributed by atoms with van der Waals surface area (Å²) in [6.07, 6.45) is 1.97. The molecule has 0 aliphatic carbocycles. The van der Waals surface area contributed by atoms with E-state index in [0.29, 0.717) is 0 Å². The number of rotatable bonds is 4. The molecule has 0 amide bonds. The molecular formula is C17H13NO3. The van der Waals surface area contributed by atoms with Gasteiger partial charge in [0.05, 0.1) is 5.56 Å². The van der Waals surface area contributed by atoms with Crippen molar-refractivity contribution in [2.24, 2.45) is 0 Å². The Kier molecular flexibility index (Phi) is 3.28. The molecule has 0 aliphatic rings. The molecule has 1 heterocycles. The fraction of sp³-hybridized carbons (Fsp3) is 0.0588. The van der Waals surface area contributed by atoms with Crippen LogP contribution in [0.5, 0.6) is 0 Å². The van der Waals surface area contributed by atoms with Crippen molar-refractivity contribution in [1.29, 1.82) is 0 Å². The third-order valence-electron chi connectivity index (χ3n) is 3.48. The van der Waals surface area contributed by atoms with E-state index in [9.17, 15) is 9.59 Å². The van der Waals surface area contributed by atoms with E-state index in [1.54, 1.807) is 24.4 Å². The lowest BCUT2D eigenvalue weighted by Gasteiger charge is -2.04. The molecule has 1 aromatic heterocycles. The van der Waals surface area contributed by atoms with E-state index >= 15 is 0 Å². The summed E-state index contributed by atoms with van der Waals surface area (Å²) in [6, 6.07) is 14.0. The molecule has 0 spiro atoms. The Morgan fingerprint density at radius 3 is 2.38 bits per heavy atom. The minimum absolute atomic E-state index is 0.0438. The number of Topliss-reactive ketones (excluding diaryl/α,β-unsaturated/α-hetero) is 1. The second-order valence-corrected chi connectivity index (χ2v) is 4.81. The van der Waals surface area contributed by atoms with Crippen molar-refractivity contribution in [2.45, 2.75) is 6.42 Å². The minimum atomic E-state index is -1.09. The highest BCUT2D eigenvalue weighted by molar-refractivity contribution is 6.07. The standard InChI is InChI=1S/C17H13NO3/c19-16(13-6-1-2-7-14(13)17(20)21)9-11-10-18-15-8-4-3-5-12(11)15/h1-8,10,18H,9H2,(H,20,21). The van der Waals surface area contributed by atoms with Gasteiger partial charge >= 0.3 is 5.97 Å². The molecular weight excluding hydrogens is 266 g/mol. The number of aromatic carboxylic acids is 1. The van der Waals surface area contributed by atoms with Crippen LogP contribution in [0.3, 0.4) is 0 Å². The first-order chi connectivity index (χ1) is 10.2. The van der Waals surface area contributed by atoms with E-state index in [-0.39, 0.29) is 23.3 Å². The van der Waals surface area contributed by atoms with Gasteiger partial charge in [-0.25, -0.2) is 4.79 Å². The summed E-state index contributed by atoms with van der Waals surface area (Å²) < 4.78 is 0. The van der Waals surface area contributed by atoms with Crippen molar-refractivity contribution < 1.29 is 14.7 Å². The number of ketones is 1. The number of carboxylic acids is 1. The number of carboxylic acid groups (broad SMARTS) is 1. The number of benzene rings is 2. The molecule has 4 nitrogen and oxygen atoms in total. The predicted octanol–water partition coefficient (Wildman–Crippen LogP) is 3.29. The molecule has 2 N–H and O–H groups in total. The van der Waals surface area contributed by atoms with Crippen molar-refractivity contribution in [3.63, 3.8) is 0 Å². The van der Waals surface area contributed by atoms with Gasteiger partial charge < -0.3 is 10.1 Å². The number of nitrogens with one attached hydrogen (secondary N) is 1. The van der Waals surface area contributed by atoms with E-state index in [1.807, 2.05) is 24.3 Å². The fourth-order valence-electron chi connectivity index (χ4n) is 2.46. The van der Waals surface area contributed by atoms with Crippen LogP contribution in [0.1, 0.15) is 26.3 Å². The lowest BCUT2D eigenvalue weighted by atomic mass is 9.98. The Morgan fingerprint density at radius 2 is 1.62 bits per heavy atom. The average Bonchev–Trinajstić information content (AvgIpc) is 2.90. The predicted molar refractivity (Wildman–Crippen MR) is 79.7 cm³/mol. The van der Waals surface area contributed by atoms with Gasteiger partial charge in [0.15, 0.2) is 5.78 Å². The van der Waals surface area contributed by atoms with E-state index in [2.05, 4.69) is 4.98 Å². The zero-order chi connectivity index (χ0) is 14.8. The Morgan fingerprint density at radius 1 is 0.952 bits per heavy atom. The highest BCUT2D eigenvalue weighted by Crippen LogP contribution is 2.20. The molecule has 0 saturated heterocycles. The number of hydrogen-bond donors (Lipinski definition) is 2. The van der Waals surface area contributed by atoms with Crippen molar-refractivity contribution in [3.8, 4) is 0 Å². The molecule has 4 heteroatoms. The fourth-order valence-corrected chi connectivity index (χ4v) is 2.46. The molecule has 0 radical (unpaired) electrons. The first-order valence-corrected chi connectivity index (χ1v) is 6.57. The molecule has 3 aromatic rings. The monoisotopic (exact) mass is 279 g/mol. The second kappa shape index (κ2) is 5.25. The molecule has 104 valence electrons. The van der Waals surface area contributed by atoms with Gasteiger partial charge in [-0.05, 0) is 17.7 Å². The number of fused-ring (bicyclic) bond motifs is 1. The van der Waals surface area contributed by atoms with Crippen LogP contribution in [0.2, 0.25) is 0 Å². The summed E-state index contributed by atoms with van der Waals surface area (Å²) in [5.41, 5.74) is 2.13. The molecule has 3 rings (SSSR count). The maximum Gasteiger partial charge on any atom is 0.336 e. The summed E-state index contributed by atoms with van der Waals surface area (Å²) in [5, 5.41) is 10.1. The van der Waals surface area contributed by atoms with Crippen LogP contribution in [0.4, 0.5) is 0 Å². The Hall–Kier alpha value is -2.88. The minimum Gasteiger partial charge on any atom is -0.478 e. The number of aromatic nitrogens is 1. The summed E-state index contributed by atoms with van der Waals surface area (Å²) in [7, 11) is 0. The van der Waals surface area contributed by atoms with Crippen LogP contribution < -0.4 is 0 Å². The highest BCUT2D eigenvalue weighted by Gasteiger charge is 2.17. The van der Waals surface area contributed by atoms with Crippen molar-refractivity contribution >= 4 is 22.7 Å². The van der Waals surface area contributed by atoms with Crippen LogP contribution in [-0.2, 0) is 6.42 Å². The van der Waals surface area contributed by atoms with Gasteiger partial charge in [0.25, 0.3) is 0 Å². The van der Waals surface area contributed by atoms with Gasteiger partial charge in [0, 0.05) is 29.1 Å². The maximum absolute atomic E-state index is 12.4. The van der Waals surface area contributed by atoms with Crippen LogP contribution in [0.15, 0.2) is 54.7 Å². The normalized spacial score (nSPS) is 10.7. The first kappa shape index (κ1) is 13.1. The quantitative estimate of drug-likeness (QED) is 0.720. The number of H-pyrrole nitrogens is 1. The topological polar surface area (TPSA) is 70.2 Å². The van der Waals surface area contributed by atoms with Gasteiger partial charge in [0.2, 0.25) is 0 Å².